The van der Waals surface area contributed by atoms with E-state index in [1.807, 2.05) is 0 Å². The number of aliphatic carboxylic acids is 1. The number of hydrogen-bond acceptors (Lipinski definition) is 1. The average molecular weight is 248 g/mol. The van der Waals surface area contributed by atoms with Gasteiger partial charge in [0.05, 0.1) is 0 Å². The molecule has 2 rings (SSSR count). The van der Waals surface area contributed by atoms with Crippen molar-refractivity contribution in [2.75, 3.05) is 0 Å². The Labute approximate surface area is 110 Å². The topological polar surface area (TPSA) is 37.3 Å². The molecule has 2 unspecified atom stereocenters. The van der Waals surface area contributed by atoms with E-state index in [0.29, 0.717) is 23.2 Å². The molecule has 100 valence electrons. The molecule has 2 aliphatic rings. The highest BCUT2D eigenvalue weighted by atomic mass is 16.4. The van der Waals surface area contributed by atoms with Crippen molar-refractivity contribution in [3.05, 3.63) is 23.3 Å². The van der Waals surface area contributed by atoms with Gasteiger partial charge in [-0.1, -0.05) is 44.9 Å². The fourth-order valence-corrected chi connectivity index (χ4v) is 3.75. The Morgan fingerprint density at radius 3 is 2.67 bits per heavy atom. The van der Waals surface area contributed by atoms with Crippen molar-refractivity contribution in [1.82, 2.24) is 0 Å². The maximum Gasteiger partial charge on any atom is 0.328 e. The standard InChI is InChI=1S/C16H24O2/c1-5-14(16(2,3)4)12-7-10-6-11(9-15(17)18)13(10)8-12/h8-10,13-14H,5-7H2,1-4H3,(H,17,18)/t10?,13-,14?/m0/s1. The van der Waals surface area contributed by atoms with Crippen molar-refractivity contribution in [3.63, 3.8) is 0 Å². The third kappa shape index (κ3) is 2.38. The van der Waals surface area contributed by atoms with Crippen LogP contribution in [0.25, 0.3) is 0 Å². The van der Waals surface area contributed by atoms with Gasteiger partial charge >= 0.3 is 5.97 Å². The van der Waals surface area contributed by atoms with Gasteiger partial charge in [-0.15, -0.1) is 0 Å². The van der Waals surface area contributed by atoms with Crippen LogP contribution < -0.4 is 0 Å². The lowest BCUT2D eigenvalue weighted by atomic mass is 9.70. The first kappa shape index (κ1) is 13.4. The number of carboxylic acid groups (broad SMARTS) is 1. The van der Waals surface area contributed by atoms with Crippen LogP contribution in [0.4, 0.5) is 0 Å². The largest absolute Gasteiger partial charge is 0.478 e. The minimum absolute atomic E-state index is 0.307. The molecular weight excluding hydrogens is 224 g/mol. The Morgan fingerprint density at radius 1 is 1.50 bits per heavy atom. The average Bonchev–Trinajstić information content (AvgIpc) is 2.52. The predicted molar refractivity (Wildman–Crippen MR) is 73.3 cm³/mol. The highest BCUT2D eigenvalue weighted by Crippen LogP contribution is 2.53. The third-order valence-electron chi connectivity index (χ3n) is 4.54. The summed E-state index contributed by atoms with van der Waals surface area (Å²) < 4.78 is 0. The first-order valence-electron chi connectivity index (χ1n) is 6.97. The summed E-state index contributed by atoms with van der Waals surface area (Å²) in [7, 11) is 0. The molecule has 0 bridgehead atoms. The van der Waals surface area contributed by atoms with Crippen molar-refractivity contribution in [2.24, 2.45) is 23.2 Å². The van der Waals surface area contributed by atoms with Crippen LogP contribution in [0.3, 0.4) is 0 Å². The molecule has 2 heteroatoms. The van der Waals surface area contributed by atoms with Crippen molar-refractivity contribution < 1.29 is 9.90 Å². The number of carboxylic acids is 1. The van der Waals surface area contributed by atoms with Gasteiger partial charge in [-0.05, 0) is 36.5 Å². The van der Waals surface area contributed by atoms with Crippen molar-refractivity contribution in [3.8, 4) is 0 Å². The Morgan fingerprint density at radius 2 is 2.17 bits per heavy atom. The Kier molecular flexibility index (Phi) is 3.39. The molecule has 1 saturated carbocycles. The number of allylic oxidation sites excluding steroid dienone is 3. The van der Waals surface area contributed by atoms with Crippen LogP contribution in [0.15, 0.2) is 23.3 Å². The second-order valence-electron chi connectivity index (χ2n) is 6.82. The van der Waals surface area contributed by atoms with E-state index in [1.54, 1.807) is 5.57 Å². The van der Waals surface area contributed by atoms with E-state index in [0.717, 1.165) is 12.0 Å². The zero-order valence-electron chi connectivity index (χ0n) is 11.9. The number of rotatable bonds is 3. The van der Waals surface area contributed by atoms with E-state index in [1.165, 1.54) is 18.9 Å². The Hall–Kier alpha value is -1.05. The van der Waals surface area contributed by atoms with Crippen LogP contribution in [0.1, 0.15) is 47.0 Å². The monoisotopic (exact) mass is 248 g/mol. The minimum atomic E-state index is -0.798. The quantitative estimate of drug-likeness (QED) is 0.604. The molecular formula is C16H24O2. The smallest absolute Gasteiger partial charge is 0.328 e. The fraction of sp³-hybridized carbons (Fsp3) is 0.688. The number of hydrogen-bond donors (Lipinski definition) is 1. The molecule has 0 aliphatic heterocycles. The molecule has 0 aromatic carbocycles. The van der Waals surface area contributed by atoms with Gasteiger partial charge in [-0.2, -0.15) is 0 Å². The molecule has 0 heterocycles. The first-order chi connectivity index (χ1) is 8.32. The maximum absolute atomic E-state index is 10.7. The molecule has 0 aromatic heterocycles. The molecule has 1 fully saturated rings. The molecule has 0 amide bonds. The lowest BCUT2D eigenvalue weighted by Crippen LogP contribution is -2.25. The van der Waals surface area contributed by atoms with Crippen LogP contribution >= 0.6 is 0 Å². The van der Waals surface area contributed by atoms with E-state index in [9.17, 15) is 4.79 Å². The molecule has 2 nitrogen and oxygen atoms in total. The summed E-state index contributed by atoms with van der Waals surface area (Å²) in [6.07, 6.45) is 7.11. The normalized spacial score (nSPS) is 30.7. The SMILES string of the molecule is CCC(C1=C[C@@H]2C(=CC(=O)O)CC2C1)C(C)(C)C. The molecule has 0 spiro atoms. The lowest BCUT2D eigenvalue weighted by Gasteiger charge is -2.34. The van der Waals surface area contributed by atoms with E-state index < -0.39 is 5.97 Å². The zero-order valence-corrected chi connectivity index (χ0v) is 11.9. The van der Waals surface area contributed by atoms with Gasteiger partial charge < -0.3 is 5.11 Å². The number of fused-ring (bicyclic) bond motifs is 1. The van der Waals surface area contributed by atoms with Gasteiger partial charge in [0, 0.05) is 12.0 Å². The van der Waals surface area contributed by atoms with Gasteiger partial charge in [0.1, 0.15) is 0 Å². The molecule has 2 aliphatic carbocycles. The van der Waals surface area contributed by atoms with Gasteiger partial charge in [-0.25, -0.2) is 4.79 Å². The van der Waals surface area contributed by atoms with Crippen molar-refractivity contribution >= 4 is 5.97 Å². The van der Waals surface area contributed by atoms with E-state index >= 15 is 0 Å². The molecule has 0 aromatic rings. The van der Waals surface area contributed by atoms with Gasteiger partial charge in [0.25, 0.3) is 0 Å². The summed E-state index contributed by atoms with van der Waals surface area (Å²) in [5, 5.41) is 8.82. The zero-order chi connectivity index (χ0) is 13.5. The van der Waals surface area contributed by atoms with Gasteiger partial charge in [0.2, 0.25) is 0 Å². The second-order valence-corrected chi connectivity index (χ2v) is 6.82. The Bertz CT molecular complexity index is 409. The van der Waals surface area contributed by atoms with Gasteiger partial charge in [-0.3, -0.25) is 0 Å². The molecule has 1 N–H and O–H groups in total. The fourth-order valence-electron chi connectivity index (χ4n) is 3.75. The van der Waals surface area contributed by atoms with Crippen LogP contribution in [-0.4, -0.2) is 11.1 Å². The summed E-state index contributed by atoms with van der Waals surface area (Å²) in [5.74, 6) is 0.942. The van der Waals surface area contributed by atoms with Crippen LogP contribution in [0.5, 0.6) is 0 Å². The minimum Gasteiger partial charge on any atom is -0.478 e. The van der Waals surface area contributed by atoms with E-state index in [-0.39, 0.29) is 0 Å². The van der Waals surface area contributed by atoms with Crippen LogP contribution in [0.2, 0.25) is 0 Å². The summed E-state index contributed by atoms with van der Waals surface area (Å²) in [5.41, 5.74) is 2.99. The van der Waals surface area contributed by atoms with Crippen molar-refractivity contribution in [1.29, 1.82) is 0 Å². The summed E-state index contributed by atoms with van der Waals surface area (Å²) in [6, 6.07) is 0. The van der Waals surface area contributed by atoms with E-state index in [4.69, 9.17) is 5.11 Å². The molecule has 0 saturated heterocycles. The van der Waals surface area contributed by atoms with Crippen LogP contribution in [0, 0.1) is 23.2 Å². The summed E-state index contributed by atoms with van der Waals surface area (Å²) in [6.45, 7) is 9.16. The Balaban J connectivity index is 2.15. The highest BCUT2D eigenvalue weighted by molar-refractivity contribution is 5.81. The third-order valence-corrected chi connectivity index (χ3v) is 4.54. The molecule has 3 atom stereocenters. The number of carbonyl (C=O) groups is 1. The second kappa shape index (κ2) is 4.56. The lowest BCUT2D eigenvalue weighted by molar-refractivity contribution is -0.131. The highest BCUT2D eigenvalue weighted by Gasteiger charge is 2.42. The van der Waals surface area contributed by atoms with Gasteiger partial charge in [0.15, 0.2) is 0 Å². The maximum atomic E-state index is 10.7. The van der Waals surface area contributed by atoms with Crippen molar-refractivity contribution in [2.45, 2.75) is 47.0 Å². The van der Waals surface area contributed by atoms with Crippen LogP contribution in [-0.2, 0) is 4.79 Å². The summed E-state index contributed by atoms with van der Waals surface area (Å²) >= 11 is 0. The summed E-state index contributed by atoms with van der Waals surface area (Å²) in [4.78, 5) is 10.7. The first-order valence-corrected chi connectivity index (χ1v) is 6.97. The predicted octanol–water partition coefficient (Wildman–Crippen LogP) is 4.04. The van der Waals surface area contributed by atoms with E-state index in [2.05, 4.69) is 33.8 Å². The molecule has 18 heavy (non-hydrogen) atoms. The molecule has 0 radical (unpaired) electrons.